The molecular formula is C11H10Cl2N4. The van der Waals surface area contributed by atoms with E-state index in [4.69, 9.17) is 29.0 Å². The minimum atomic E-state index is -0.312. The molecule has 0 aliphatic carbocycles. The number of rotatable bonds is 3. The summed E-state index contributed by atoms with van der Waals surface area (Å²) in [5.74, 6) is 5.53. The first kappa shape index (κ1) is 12.3. The molecule has 1 heterocycles. The van der Waals surface area contributed by atoms with E-state index in [0.29, 0.717) is 15.7 Å². The van der Waals surface area contributed by atoms with Crippen molar-refractivity contribution in [2.24, 2.45) is 5.84 Å². The van der Waals surface area contributed by atoms with Crippen LogP contribution in [0.15, 0.2) is 36.8 Å². The molecular weight excluding hydrogens is 259 g/mol. The van der Waals surface area contributed by atoms with Crippen molar-refractivity contribution in [1.82, 2.24) is 15.4 Å². The first-order chi connectivity index (χ1) is 8.22. The van der Waals surface area contributed by atoms with Gasteiger partial charge in [0.1, 0.15) is 0 Å². The Morgan fingerprint density at radius 2 is 2.06 bits per heavy atom. The van der Waals surface area contributed by atoms with Gasteiger partial charge in [0, 0.05) is 22.4 Å². The fourth-order valence-corrected chi connectivity index (χ4v) is 2.05. The summed E-state index contributed by atoms with van der Waals surface area (Å²) in [6, 6.07) is 4.92. The van der Waals surface area contributed by atoms with E-state index in [1.165, 1.54) is 0 Å². The Bertz CT molecular complexity index is 504. The zero-order valence-corrected chi connectivity index (χ0v) is 10.3. The lowest BCUT2D eigenvalue weighted by molar-refractivity contribution is 0.618. The maximum absolute atomic E-state index is 6.12. The smallest absolute Gasteiger partial charge is 0.0911 e. The van der Waals surface area contributed by atoms with Crippen molar-refractivity contribution in [1.29, 1.82) is 0 Å². The first-order valence-electron chi connectivity index (χ1n) is 4.89. The van der Waals surface area contributed by atoms with Gasteiger partial charge in [-0.25, -0.2) is 5.43 Å². The molecule has 0 amide bonds. The number of nitrogens with one attached hydrogen (secondary N) is 1. The zero-order chi connectivity index (χ0) is 12.3. The normalized spacial score (nSPS) is 12.4. The van der Waals surface area contributed by atoms with Crippen molar-refractivity contribution in [2.75, 3.05) is 0 Å². The average molecular weight is 269 g/mol. The number of halogens is 2. The van der Waals surface area contributed by atoms with Crippen LogP contribution in [0, 0.1) is 0 Å². The lowest BCUT2D eigenvalue weighted by Gasteiger charge is -2.16. The van der Waals surface area contributed by atoms with Crippen LogP contribution in [0.2, 0.25) is 10.0 Å². The Labute approximate surface area is 109 Å². The Hall–Kier alpha value is -1.20. The van der Waals surface area contributed by atoms with E-state index in [1.54, 1.807) is 30.7 Å². The third-order valence-electron chi connectivity index (χ3n) is 2.32. The van der Waals surface area contributed by atoms with Crippen LogP contribution >= 0.6 is 23.2 Å². The average Bonchev–Trinajstić information content (AvgIpc) is 2.34. The number of benzene rings is 1. The van der Waals surface area contributed by atoms with Crippen LogP contribution in [0.1, 0.15) is 17.3 Å². The molecule has 0 aliphatic rings. The molecule has 2 rings (SSSR count). The predicted molar refractivity (Wildman–Crippen MR) is 67.7 cm³/mol. The van der Waals surface area contributed by atoms with Crippen molar-refractivity contribution in [2.45, 2.75) is 6.04 Å². The summed E-state index contributed by atoms with van der Waals surface area (Å²) in [4.78, 5) is 8.19. The summed E-state index contributed by atoms with van der Waals surface area (Å²) in [5, 5.41) is 1.11. The largest absolute Gasteiger partial charge is 0.271 e. The van der Waals surface area contributed by atoms with Gasteiger partial charge in [-0.1, -0.05) is 29.3 Å². The van der Waals surface area contributed by atoms with Gasteiger partial charge in [0.05, 0.1) is 17.9 Å². The number of nitrogens with two attached hydrogens (primary N) is 1. The molecule has 0 saturated carbocycles. The predicted octanol–water partition coefficient (Wildman–Crippen LogP) is 2.34. The Kier molecular flexibility index (Phi) is 3.91. The quantitative estimate of drug-likeness (QED) is 0.663. The molecule has 3 N–H and O–H groups in total. The maximum Gasteiger partial charge on any atom is 0.0911 e. The standard InChI is InChI=1S/C11H10Cl2N4/c12-7-1-2-8(9(13)5-7)11(17-14)10-6-15-3-4-16-10/h1-6,11,17H,14H2. The Balaban J connectivity index is 2.42. The summed E-state index contributed by atoms with van der Waals surface area (Å²) >= 11 is 12.0. The van der Waals surface area contributed by atoms with Crippen molar-refractivity contribution in [3.63, 3.8) is 0 Å². The maximum atomic E-state index is 6.12. The van der Waals surface area contributed by atoms with Gasteiger partial charge >= 0.3 is 0 Å². The van der Waals surface area contributed by atoms with Crippen molar-refractivity contribution < 1.29 is 0 Å². The second-order valence-electron chi connectivity index (χ2n) is 3.40. The van der Waals surface area contributed by atoms with Crippen molar-refractivity contribution >= 4 is 23.2 Å². The van der Waals surface area contributed by atoms with Gasteiger partial charge < -0.3 is 0 Å². The molecule has 0 radical (unpaired) electrons. The fourth-order valence-electron chi connectivity index (χ4n) is 1.53. The van der Waals surface area contributed by atoms with Gasteiger partial charge in [0.15, 0.2) is 0 Å². The summed E-state index contributed by atoms with van der Waals surface area (Å²) in [5.41, 5.74) is 4.16. The number of hydrogen-bond acceptors (Lipinski definition) is 4. The van der Waals surface area contributed by atoms with E-state index in [2.05, 4.69) is 15.4 Å². The van der Waals surface area contributed by atoms with Crippen LogP contribution < -0.4 is 11.3 Å². The molecule has 0 aliphatic heterocycles. The van der Waals surface area contributed by atoms with Crippen LogP contribution in [-0.4, -0.2) is 9.97 Å². The molecule has 0 saturated heterocycles. The fraction of sp³-hybridized carbons (Fsp3) is 0.0909. The lowest BCUT2D eigenvalue weighted by Crippen LogP contribution is -2.29. The monoisotopic (exact) mass is 268 g/mol. The zero-order valence-electron chi connectivity index (χ0n) is 8.77. The van der Waals surface area contributed by atoms with E-state index in [1.807, 2.05) is 6.07 Å². The van der Waals surface area contributed by atoms with Gasteiger partial charge in [-0.2, -0.15) is 0 Å². The molecule has 17 heavy (non-hydrogen) atoms. The molecule has 4 nitrogen and oxygen atoms in total. The summed E-state index contributed by atoms with van der Waals surface area (Å²) < 4.78 is 0. The molecule has 6 heteroatoms. The van der Waals surface area contributed by atoms with E-state index in [-0.39, 0.29) is 6.04 Å². The minimum absolute atomic E-state index is 0.312. The summed E-state index contributed by atoms with van der Waals surface area (Å²) in [6.07, 6.45) is 4.83. The first-order valence-corrected chi connectivity index (χ1v) is 5.65. The van der Waals surface area contributed by atoms with Crippen LogP contribution in [0.25, 0.3) is 0 Å². The van der Waals surface area contributed by atoms with Gasteiger partial charge in [-0.05, 0) is 17.7 Å². The highest BCUT2D eigenvalue weighted by Gasteiger charge is 2.17. The molecule has 2 aromatic rings. The van der Waals surface area contributed by atoms with Crippen LogP contribution in [0.4, 0.5) is 0 Å². The van der Waals surface area contributed by atoms with Gasteiger partial charge in [-0.3, -0.25) is 15.8 Å². The van der Waals surface area contributed by atoms with E-state index >= 15 is 0 Å². The van der Waals surface area contributed by atoms with Gasteiger partial charge in [0.25, 0.3) is 0 Å². The highest BCUT2D eigenvalue weighted by atomic mass is 35.5. The second kappa shape index (κ2) is 5.42. The second-order valence-corrected chi connectivity index (χ2v) is 4.24. The molecule has 1 aromatic heterocycles. The lowest BCUT2D eigenvalue weighted by atomic mass is 10.0. The summed E-state index contributed by atoms with van der Waals surface area (Å²) in [7, 11) is 0. The molecule has 0 spiro atoms. The van der Waals surface area contributed by atoms with Crippen LogP contribution in [0.3, 0.4) is 0 Å². The molecule has 1 atom stereocenters. The third kappa shape index (κ3) is 2.73. The topological polar surface area (TPSA) is 63.8 Å². The van der Waals surface area contributed by atoms with E-state index in [9.17, 15) is 0 Å². The third-order valence-corrected chi connectivity index (χ3v) is 2.88. The molecule has 0 bridgehead atoms. The highest BCUT2D eigenvalue weighted by molar-refractivity contribution is 6.35. The Morgan fingerprint density at radius 3 is 2.65 bits per heavy atom. The molecule has 1 unspecified atom stereocenters. The van der Waals surface area contributed by atoms with Gasteiger partial charge in [-0.15, -0.1) is 0 Å². The SMILES string of the molecule is NNC(c1cnccn1)c1ccc(Cl)cc1Cl. The minimum Gasteiger partial charge on any atom is -0.271 e. The van der Waals surface area contributed by atoms with Crippen LogP contribution in [0.5, 0.6) is 0 Å². The highest BCUT2D eigenvalue weighted by Crippen LogP contribution is 2.28. The number of hydrazine groups is 1. The number of nitrogens with zero attached hydrogens (tertiary/aromatic N) is 2. The number of aromatic nitrogens is 2. The summed E-state index contributed by atoms with van der Waals surface area (Å²) in [6.45, 7) is 0. The van der Waals surface area contributed by atoms with E-state index in [0.717, 1.165) is 5.56 Å². The van der Waals surface area contributed by atoms with Gasteiger partial charge in [0.2, 0.25) is 0 Å². The molecule has 0 fully saturated rings. The molecule has 88 valence electrons. The van der Waals surface area contributed by atoms with E-state index < -0.39 is 0 Å². The number of hydrogen-bond donors (Lipinski definition) is 2. The van der Waals surface area contributed by atoms with Crippen molar-refractivity contribution in [3.8, 4) is 0 Å². The van der Waals surface area contributed by atoms with Crippen molar-refractivity contribution in [3.05, 3.63) is 58.1 Å². The Morgan fingerprint density at radius 1 is 1.24 bits per heavy atom. The van der Waals surface area contributed by atoms with Crippen LogP contribution in [-0.2, 0) is 0 Å². The molecule has 1 aromatic carbocycles.